The lowest BCUT2D eigenvalue weighted by atomic mass is 9.99. The highest BCUT2D eigenvalue weighted by Gasteiger charge is 2.33. The predicted molar refractivity (Wildman–Crippen MR) is 116 cm³/mol. The van der Waals surface area contributed by atoms with Crippen LogP contribution < -0.4 is 0 Å². The fourth-order valence-corrected chi connectivity index (χ4v) is 4.07. The first kappa shape index (κ1) is 21.4. The van der Waals surface area contributed by atoms with Crippen molar-refractivity contribution in [1.82, 2.24) is 14.4 Å². The minimum absolute atomic E-state index is 0.0213. The molecule has 2 heterocycles. The van der Waals surface area contributed by atoms with Crippen molar-refractivity contribution in [3.63, 3.8) is 0 Å². The summed E-state index contributed by atoms with van der Waals surface area (Å²) in [5.41, 5.74) is 2.10. The van der Waals surface area contributed by atoms with Crippen LogP contribution >= 0.6 is 11.6 Å². The third kappa shape index (κ3) is 4.84. The summed E-state index contributed by atoms with van der Waals surface area (Å²) in [4.78, 5) is 29.7. The van der Waals surface area contributed by atoms with Gasteiger partial charge in [0.15, 0.2) is 0 Å². The molecule has 0 aliphatic carbocycles. The summed E-state index contributed by atoms with van der Waals surface area (Å²) in [5, 5.41) is 0.670. The van der Waals surface area contributed by atoms with Crippen molar-refractivity contribution in [2.75, 3.05) is 19.6 Å². The molecular weight excluding hydrogens is 386 g/mol. The van der Waals surface area contributed by atoms with E-state index in [0.29, 0.717) is 24.0 Å². The van der Waals surface area contributed by atoms with E-state index in [1.807, 2.05) is 55.3 Å². The molecule has 2 amide bonds. The second-order valence-electron chi connectivity index (χ2n) is 8.43. The Kier molecular flexibility index (Phi) is 6.68. The van der Waals surface area contributed by atoms with Gasteiger partial charge >= 0.3 is 0 Å². The van der Waals surface area contributed by atoms with Crippen LogP contribution in [0.2, 0.25) is 5.02 Å². The number of hydrogen-bond acceptors (Lipinski definition) is 2. The zero-order valence-electron chi connectivity index (χ0n) is 17.6. The van der Waals surface area contributed by atoms with E-state index >= 15 is 0 Å². The van der Waals surface area contributed by atoms with Crippen molar-refractivity contribution in [2.24, 2.45) is 11.8 Å². The van der Waals surface area contributed by atoms with E-state index in [9.17, 15) is 9.59 Å². The average Bonchev–Trinajstić information content (AvgIpc) is 3.15. The van der Waals surface area contributed by atoms with E-state index in [1.54, 1.807) is 4.90 Å². The largest absolute Gasteiger partial charge is 0.348 e. The molecule has 1 aliphatic heterocycles. The summed E-state index contributed by atoms with van der Waals surface area (Å²) in [6.07, 6.45) is 2.05. The van der Waals surface area contributed by atoms with Gasteiger partial charge in [0.25, 0.3) is 0 Å². The second-order valence-corrected chi connectivity index (χ2v) is 8.87. The van der Waals surface area contributed by atoms with Crippen LogP contribution in [0.5, 0.6) is 0 Å². The van der Waals surface area contributed by atoms with E-state index in [2.05, 4.69) is 24.5 Å². The quantitative estimate of drug-likeness (QED) is 0.709. The first-order chi connectivity index (χ1) is 13.8. The number of fused-ring (bicyclic) bond motifs is 1. The molecule has 156 valence electrons. The molecule has 1 unspecified atom stereocenters. The van der Waals surface area contributed by atoms with Gasteiger partial charge in [0.05, 0.1) is 12.6 Å². The molecule has 0 spiro atoms. The normalized spacial score (nSPS) is 16.2. The number of aromatic nitrogens is 1. The van der Waals surface area contributed by atoms with Crippen LogP contribution in [0.4, 0.5) is 0 Å². The summed E-state index contributed by atoms with van der Waals surface area (Å²) < 4.78 is 2.19. The summed E-state index contributed by atoms with van der Waals surface area (Å²) >= 11 is 6.08. The van der Waals surface area contributed by atoms with E-state index in [1.165, 1.54) is 0 Å². The number of nitrogens with zero attached hydrogens (tertiary/aromatic N) is 3. The van der Waals surface area contributed by atoms with Gasteiger partial charge in [0.1, 0.15) is 0 Å². The maximum Gasteiger partial charge on any atom is 0.243 e. The van der Waals surface area contributed by atoms with Gasteiger partial charge in [0.2, 0.25) is 11.8 Å². The third-order valence-electron chi connectivity index (χ3n) is 5.26. The third-order valence-corrected chi connectivity index (χ3v) is 5.51. The number of benzene rings is 1. The van der Waals surface area contributed by atoms with Crippen LogP contribution in [-0.2, 0) is 16.1 Å². The number of rotatable bonds is 6. The number of hydrogen-bond donors (Lipinski definition) is 0. The van der Waals surface area contributed by atoms with Crippen LogP contribution in [0.25, 0.3) is 0 Å². The zero-order chi connectivity index (χ0) is 21.1. The Labute approximate surface area is 178 Å². The Balaban J connectivity index is 1.89. The molecule has 1 aromatic carbocycles. The van der Waals surface area contributed by atoms with Gasteiger partial charge in [0, 0.05) is 42.5 Å². The molecule has 1 atom stereocenters. The molecule has 5 nitrogen and oxygen atoms in total. The predicted octanol–water partition coefficient (Wildman–Crippen LogP) is 4.21. The van der Waals surface area contributed by atoms with Gasteiger partial charge in [-0.15, -0.1) is 0 Å². The summed E-state index contributed by atoms with van der Waals surface area (Å²) in [7, 11) is 0. The first-order valence-electron chi connectivity index (χ1n) is 10.3. The molecule has 3 rings (SSSR count). The van der Waals surface area contributed by atoms with E-state index < -0.39 is 0 Å². The lowest BCUT2D eigenvalue weighted by Crippen LogP contribution is -2.49. The van der Waals surface area contributed by atoms with Gasteiger partial charge < -0.3 is 14.4 Å². The Bertz CT molecular complexity index is 857. The van der Waals surface area contributed by atoms with Crippen molar-refractivity contribution in [1.29, 1.82) is 0 Å². The van der Waals surface area contributed by atoms with Crippen molar-refractivity contribution in [2.45, 2.75) is 40.3 Å². The minimum Gasteiger partial charge on any atom is -0.348 e. The Morgan fingerprint density at radius 3 is 2.41 bits per heavy atom. The number of carbonyl (C=O) groups excluding carboxylic acids is 2. The van der Waals surface area contributed by atoms with Crippen LogP contribution in [0.3, 0.4) is 0 Å². The van der Waals surface area contributed by atoms with Crippen molar-refractivity contribution < 1.29 is 9.59 Å². The van der Waals surface area contributed by atoms with E-state index in [0.717, 1.165) is 17.8 Å². The maximum absolute atomic E-state index is 13.4. The van der Waals surface area contributed by atoms with Crippen LogP contribution in [0.15, 0.2) is 42.6 Å². The molecule has 1 aromatic heterocycles. The highest BCUT2D eigenvalue weighted by atomic mass is 35.5. The average molecular weight is 416 g/mol. The standard InChI is InChI=1S/C23H30ClN3O2/c1-16(2)14-26(23(29)17(3)4)15-21(28)27-13-12-25-11-5-6-20(25)22(27)18-7-9-19(24)10-8-18/h5-11,16-17,22H,12-15H2,1-4H3. The van der Waals surface area contributed by atoms with E-state index in [4.69, 9.17) is 11.6 Å². The SMILES string of the molecule is CC(C)CN(CC(=O)N1CCn2cccc2C1c1ccc(Cl)cc1)C(=O)C(C)C. The highest BCUT2D eigenvalue weighted by Crippen LogP contribution is 2.33. The van der Waals surface area contributed by atoms with Crippen LogP contribution in [0.1, 0.15) is 45.0 Å². The molecule has 1 aliphatic rings. The summed E-state index contributed by atoms with van der Waals surface area (Å²) in [5.74, 6) is 0.172. The Hall–Kier alpha value is -2.27. The molecule has 29 heavy (non-hydrogen) atoms. The zero-order valence-corrected chi connectivity index (χ0v) is 18.4. The fraction of sp³-hybridized carbons (Fsp3) is 0.478. The second kappa shape index (κ2) is 9.04. The van der Waals surface area contributed by atoms with Crippen molar-refractivity contribution in [3.8, 4) is 0 Å². The molecule has 0 bridgehead atoms. The topological polar surface area (TPSA) is 45.6 Å². The van der Waals surface area contributed by atoms with Crippen LogP contribution in [-0.4, -0.2) is 45.8 Å². The van der Waals surface area contributed by atoms with Gasteiger partial charge in [-0.2, -0.15) is 0 Å². The smallest absolute Gasteiger partial charge is 0.243 e. The molecule has 6 heteroatoms. The van der Waals surface area contributed by atoms with Gasteiger partial charge in [-0.1, -0.05) is 51.4 Å². The molecule has 2 aromatic rings. The Morgan fingerprint density at radius 1 is 1.10 bits per heavy atom. The molecular formula is C23H30ClN3O2. The summed E-state index contributed by atoms with van der Waals surface area (Å²) in [6.45, 7) is 9.94. The van der Waals surface area contributed by atoms with Gasteiger partial charge in [-0.25, -0.2) is 0 Å². The minimum atomic E-state index is -0.182. The molecule has 0 radical (unpaired) electrons. The number of carbonyl (C=O) groups is 2. The molecule has 0 saturated heterocycles. The van der Waals surface area contributed by atoms with Gasteiger partial charge in [-0.05, 0) is 35.7 Å². The maximum atomic E-state index is 13.4. The molecule has 0 N–H and O–H groups in total. The lowest BCUT2D eigenvalue weighted by molar-refractivity contribution is -0.144. The van der Waals surface area contributed by atoms with E-state index in [-0.39, 0.29) is 30.3 Å². The van der Waals surface area contributed by atoms with Gasteiger partial charge in [-0.3, -0.25) is 9.59 Å². The first-order valence-corrected chi connectivity index (χ1v) is 10.6. The fourth-order valence-electron chi connectivity index (χ4n) is 3.94. The number of amides is 2. The highest BCUT2D eigenvalue weighted by molar-refractivity contribution is 6.30. The van der Waals surface area contributed by atoms with Crippen LogP contribution in [0, 0.1) is 11.8 Å². The number of halogens is 1. The van der Waals surface area contributed by atoms with Crippen molar-refractivity contribution in [3.05, 3.63) is 58.9 Å². The molecule has 0 saturated carbocycles. The van der Waals surface area contributed by atoms with Crippen molar-refractivity contribution >= 4 is 23.4 Å². The summed E-state index contributed by atoms with van der Waals surface area (Å²) in [6, 6.07) is 11.5. The monoisotopic (exact) mass is 415 g/mol. The lowest BCUT2D eigenvalue weighted by Gasteiger charge is -2.39. The molecule has 0 fully saturated rings. The Morgan fingerprint density at radius 2 is 1.79 bits per heavy atom.